The third kappa shape index (κ3) is 3.90. The fraction of sp³-hybridized carbons (Fsp3) is 0.350. The molecule has 0 spiro atoms. The van der Waals surface area contributed by atoms with E-state index in [1.807, 2.05) is 6.92 Å². The number of benzene rings is 1. The van der Waals surface area contributed by atoms with Gasteiger partial charge in [0, 0.05) is 6.04 Å². The van der Waals surface area contributed by atoms with Crippen molar-refractivity contribution in [3.8, 4) is 0 Å². The van der Waals surface area contributed by atoms with Crippen LogP contribution in [-0.4, -0.2) is 49.7 Å². The Bertz CT molecular complexity index is 1050. The zero-order valence-electron chi connectivity index (χ0n) is 16.8. The van der Waals surface area contributed by atoms with Gasteiger partial charge in [0.2, 0.25) is 5.91 Å². The first-order valence-electron chi connectivity index (χ1n) is 9.34. The molecular weight excluding hydrogens is 428 g/mol. The van der Waals surface area contributed by atoms with E-state index in [9.17, 15) is 22.8 Å². The molecule has 2 unspecified atom stereocenters. The van der Waals surface area contributed by atoms with Crippen molar-refractivity contribution in [2.75, 3.05) is 12.0 Å². The molecule has 2 heterocycles. The third-order valence-corrected chi connectivity index (χ3v) is 8.42. The first kappa shape index (κ1) is 22.1. The average Bonchev–Trinajstić information content (AvgIpc) is 3.37. The van der Waals surface area contributed by atoms with Gasteiger partial charge in [0.25, 0.3) is 15.9 Å². The fourth-order valence-corrected chi connectivity index (χ4v) is 6.30. The van der Waals surface area contributed by atoms with Crippen LogP contribution in [0.1, 0.15) is 37.0 Å². The van der Waals surface area contributed by atoms with Crippen LogP contribution in [0.4, 0.5) is 5.69 Å². The largest absolute Gasteiger partial charge is 0.465 e. The molecule has 0 bridgehead atoms. The number of nitrogens with zero attached hydrogens (tertiary/aromatic N) is 2. The van der Waals surface area contributed by atoms with Crippen molar-refractivity contribution in [2.24, 2.45) is 0 Å². The second-order valence-electron chi connectivity index (χ2n) is 6.85. The number of rotatable bonds is 7. The number of methoxy groups -OCH3 is 1. The van der Waals surface area contributed by atoms with E-state index in [-0.39, 0.29) is 21.9 Å². The first-order chi connectivity index (χ1) is 14.2. The van der Waals surface area contributed by atoms with Crippen LogP contribution in [0.15, 0.2) is 46.0 Å². The van der Waals surface area contributed by atoms with Crippen LogP contribution in [0.25, 0.3) is 0 Å². The average molecular weight is 451 g/mol. The second-order valence-corrected chi connectivity index (χ2v) is 9.87. The molecule has 0 saturated carbocycles. The molecule has 10 heteroatoms. The third-order valence-electron chi connectivity index (χ3n) is 5.03. The standard InChI is InChI=1S/C20H22N2O6S2/c1-4-13(2)22(30(26,27)18-6-5-11-29-18)16-12-17(23)21(19(16)24)15-9-7-14(8-10-15)20(25)28-3/h5-11,13,16H,4,12H2,1-3H3. The van der Waals surface area contributed by atoms with Crippen molar-refractivity contribution in [3.05, 3.63) is 47.3 Å². The van der Waals surface area contributed by atoms with Gasteiger partial charge >= 0.3 is 5.97 Å². The number of sulfonamides is 1. The van der Waals surface area contributed by atoms with E-state index in [1.165, 1.54) is 37.4 Å². The minimum absolute atomic E-state index is 0.129. The van der Waals surface area contributed by atoms with E-state index in [4.69, 9.17) is 0 Å². The Morgan fingerprint density at radius 2 is 1.93 bits per heavy atom. The second kappa shape index (κ2) is 8.66. The molecule has 30 heavy (non-hydrogen) atoms. The van der Waals surface area contributed by atoms with Gasteiger partial charge in [-0.05, 0) is 49.1 Å². The van der Waals surface area contributed by atoms with Gasteiger partial charge in [-0.15, -0.1) is 11.3 Å². The molecule has 1 aromatic heterocycles. The van der Waals surface area contributed by atoms with Crippen molar-refractivity contribution >= 4 is 44.8 Å². The molecule has 1 fully saturated rings. The zero-order chi connectivity index (χ0) is 22.1. The highest BCUT2D eigenvalue weighted by molar-refractivity contribution is 7.91. The number of carbonyl (C=O) groups excluding carboxylic acids is 3. The number of thiophene rings is 1. The van der Waals surface area contributed by atoms with E-state index in [1.54, 1.807) is 18.4 Å². The van der Waals surface area contributed by atoms with Crippen molar-refractivity contribution in [1.29, 1.82) is 0 Å². The Morgan fingerprint density at radius 3 is 2.47 bits per heavy atom. The van der Waals surface area contributed by atoms with E-state index < -0.39 is 39.9 Å². The number of esters is 1. The van der Waals surface area contributed by atoms with Gasteiger partial charge in [-0.3, -0.25) is 9.59 Å². The summed E-state index contributed by atoms with van der Waals surface area (Å²) in [5.41, 5.74) is 0.552. The Morgan fingerprint density at radius 1 is 1.27 bits per heavy atom. The molecule has 160 valence electrons. The van der Waals surface area contributed by atoms with Crippen LogP contribution in [0.3, 0.4) is 0 Å². The smallest absolute Gasteiger partial charge is 0.337 e. The van der Waals surface area contributed by atoms with Gasteiger partial charge in [0.15, 0.2) is 0 Å². The maximum absolute atomic E-state index is 13.2. The van der Waals surface area contributed by atoms with Crippen molar-refractivity contribution in [3.63, 3.8) is 0 Å². The number of hydrogen-bond donors (Lipinski definition) is 0. The van der Waals surface area contributed by atoms with E-state index in [2.05, 4.69) is 4.74 Å². The lowest BCUT2D eigenvalue weighted by Crippen LogP contribution is -2.49. The first-order valence-corrected chi connectivity index (χ1v) is 11.7. The predicted octanol–water partition coefficient (Wildman–Crippen LogP) is 2.66. The number of imide groups is 1. The van der Waals surface area contributed by atoms with Crippen LogP contribution in [0.5, 0.6) is 0 Å². The molecule has 1 saturated heterocycles. The monoisotopic (exact) mass is 450 g/mol. The number of amides is 2. The summed E-state index contributed by atoms with van der Waals surface area (Å²) in [5.74, 6) is -1.64. The molecule has 1 aliphatic rings. The van der Waals surface area contributed by atoms with Crippen molar-refractivity contribution < 1.29 is 27.5 Å². The summed E-state index contributed by atoms with van der Waals surface area (Å²) in [4.78, 5) is 38.5. The highest BCUT2D eigenvalue weighted by atomic mass is 32.2. The summed E-state index contributed by atoms with van der Waals surface area (Å²) in [6.07, 6.45) is 0.239. The summed E-state index contributed by atoms with van der Waals surface area (Å²) >= 11 is 1.07. The summed E-state index contributed by atoms with van der Waals surface area (Å²) in [5, 5.41) is 1.65. The summed E-state index contributed by atoms with van der Waals surface area (Å²) in [7, 11) is -2.69. The van der Waals surface area contributed by atoms with Crippen LogP contribution < -0.4 is 4.90 Å². The van der Waals surface area contributed by atoms with E-state index in [0.717, 1.165) is 20.5 Å². The Balaban J connectivity index is 1.96. The number of hydrogen-bond acceptors (Lipinski definition) is 7. The molecular formula is C20H22N2O6S2. The molecule has 3 rings (SSSR count). The Kier molecular flexibility index (Phi) is 6.39. The molecule has 1 aromatic carbocycles. The SMILES string of the molecule is CCC(C)N(C1CC(=O)N(c2ccc(C(=O)OC)cc2)C1=O)S(=O)(=O)c1cccs1. The highest BCUT2D eigenvalue weighted by Gasteiger charge is 2.48. The number of carbonyl (C=O) groups is 3. The van der Waals surface area contributed by atoms with E-state index >= 15 is 0 Å². The van der Waals surface area contributed by atoms with Gasteiger partial charge in [-0.1, -0.05) is 13.0 Å². The minimum atomic E-state index is -3.94. The molecule has 8 nitrogen and oxygen atoms in total. The topological polar surface area (TPSA) is 101 Å². The van der Waals surface area contributed by atoms with Gasteiger partial charge in [-0.2, -0.15) is 4.31 Å². The lowest BCUT2D eigenvalue weighted by Gasteiger charge is -2.31. The van der Waals surface area contributed by atoms with Crippen molar-refractivity contribution in [2.45, 2.75) is 43.0 Å². The van der Waals surface area contributed by atoms with Gasteiger partial charge < -0.3 is 4.74 Å². The summed E-state index contributed by atoms with van der Waals surface area (Å²) in [6, 6.07) is 7.34. The summed E-state index contributed by atoms with van der Waals surface area (Å²) < 4.78 is 32.4. The van der Waals surface area contributed by atoms with Gasteiger partial charge in [0.05, 0.1) is 24.8 Å². The van der Waals surface area contributed by atoms with Crippen LogP contribution in [0, 0.1) is 0 Å². The lowest BCUT2D eigenvalue weighted by molar-refractivity contribution is -0.122. The van der Waals surface area contributed by atoms with E-state index in [0.29, 0.717) is 6.42 Å². The normalized spacial score (nSPS) is 18.1. The number of ether oxygens (including phenoxy) is 1. The van der Waals surface area contributed by atoms with Crippen LogP contribution >= 0.6 is 11.3 Å². The molecule has 0 aliphatic carbocycles. The minimum Gasteiger partial charge on any atom is -0.465 e. The predicted molar refractivity (Wildman–Crippen MR) is 112 cm³/mol. The summed E-state index contributed by atoms with van der Waals surface area (Å²) in [6.45, 7) is 3.54. The van der Waals surface area contributed by atoms with Crippen molar-refractivity contribution in [1.82, 2.24) is 4.31 Å². The Labute approximate surface area is 179 Å². The molecule has 2 aromatic rings. The fourth-order valence-electron chi connectivity index (χ4n) is 3.36. The lowest BCUT2D eigenvalue weighted by atomic mass is 10.2. The molecule has 2 amide bonds. The quantitative estimate of drug-likeness (QED) is 0.475. The molecule has 0 N–H and O–H groups in total. The molecule has 1 aliphatic heterocycles. The maximum atomic E-state index is 13.2. The van der Waals surface area contributed by atoms with Crippen LogP contribution in [-0.2, 0) is 24.3 Å². The zero-order valence-corrected chi connectivity index (χ0v) is 18.4. The van der Waals surface area contributed by atoms with Gasteiger partial charge in [0.1, 0.15) is 10.3 Å². The van der Waals surface area contributed by atoms with Gasteiger partial charge in [-0.25, -0.2) is 18.1 Å². The molecule has 0 radical (unpaired) electrons. The highest BCUT2D eigenvalue weighted by Crippen LogP contribution is 2.32. The maximum Gasteiger partial charge on any atom is 0.337 e. The molecule has 2 atom stereocenters. The Hall–Kier alpha value is -2.56. The van der Waals surface area contributed by atoms with Crippen LogP contribution in [0.2, 0.25) is 0 Å². The number of anilines is 1.